The lowest BCUT2D eigenvalue weighted by molar-refractivity contribution is -0.192. The highest BCUT2D eigenvalue weighted by Crippen LogP contribution is 2.33. The summed E-state index contributed by atoms with van der Waals surface area (Å²) in [5.41, 5.74) is 9.97. The molecule has 18 nitrogen and oxygen atoms in total. The van der Waals surface area contributed by atoms with E-state index in [9.17, 15) is 37.1 Å². The fourth-order valence-electron chi connectivity index (χ4n) is 7.19. The van der Waals surface area contributed by atoms with Crippen LogP contribution in [0.4, 0.5) is 23.7 Å². The largest absolute Gasteiger partial charge is 0.490 e. The van der Waals surface area contributed by atoms with Gasteiger partial charge in [0.15, 0.2) is 0 Å². The van der Waals surface area contributed by atoms with Crippen molar-refractivity contribution in [2.45, 2.75) is 90.1 Å². The maximum absolute atomic E-state index is 14.5. The molecule has 63 heavy (non-hydrogen) atoms. The third-order valence-corrected chi connectivity index (χ3v) is 10.4. The van der Waals surface area contributed by atoms with Crippen molar-refractivity contribution in [3.8, 4) is 22.5 Å². The first-order valence-corrected chi connectivity index (χ1v) is 20.1. The molecule has 4 aromatic rings. The number of primary amides is 1. The molecule has 2 aromatic carbocycles. The van der Waals surface area contributed by atoms with Gasteiger partial charge in [-0.15, -0.1) is 10.2 Å². The SMILES string of the molecule is Cc1nc(C(=O)N[C@@H]2CCNC2=O)ccc1-c1ccc(C[C@@H](C(N)=O)N(C(=O)C2CCC(CNC(=O)OC(C)(C)C)CC2)c2ccc(-c3nn[nH]n3)cc2)cc1.O=C(O)C(F)(F)F. The zero-order valence-corrected chi connectivity index (χ0v) is 35.0. The first kappa shape index (κ1) is 47.1. The molecule has 0 unspecified atom stereocenters. The van der Waals surface area contributed by atoms with Gasteiger partial charge in [-0.25, -0.2) is 14.6 Å². The minimum absolute atomic E-state index is 0.161. The van der Waals surface area contributed by atoms with Crippen molar-refractivity contribution < 1.29 is 51.8 Å². The number of pyridine rings is 1. The van der Waals surface area contributed by atoms with Gasteiger partial charge in [-0.05, 0) is 112 Å². The van der Waals surface area contributed by atoms with Crippen LogP contribution in [0.2, 0.25) is 0 Å². The molecule has 1 saturated carbocycles. The van der Waals surface area contributed by atoms with Gasteiger partial charge in [0.25, 0.3) is 5.91 Å². The van der Waals surface area contributed by atoms with Gasteiger partial charge in [-0.2, -0.15) is 18.4 Å². The number of carboxylic acids is 1. The number of anilines is 1. The van der Waals surface area contributed by atoms with Gasteiger partial charge in [0.05, 0.1) is 0 Å². The number of ether oxygens (including phenoxy) is 1. The van der Waals surface area contributed by atoms with Crippen molar-refractivity contribution in [2.24, 2.45) is 17.6 Å². The molecule has 1 aliphatic heterocycles. The Morgan fingerprint density at radius 2 is 1.57 bits per heavy atom. The molecule has 6 rings (SSSR count). The van der Waals surface area contributed by atoms with Crippen LogP contribution in [-0.2, 0) is 30.3 Å². The van der Waals surface area contributed by atoms with Gasteiger partial charge in [0, 0.05) is 47.9 Å². The van der Waals surface area contributed by atoms with Crippen LogP contribution in [-0.4, -0.2) is 103 Å². The molecule has 0 spiro atoms. The van der Waals surface area contributed by atoms with E-state index in [1.807, 2.05) is 58.0 Å². The minimum atomic E-state index is -5.08. The second kappa shape index (κ2) is 20.3. The van der Waals surface area contributed by atoms with Gasteiger partial charge in [0.2, 0.25) is 23.5 Å². The van der Waals surface area contributed by atoms with Gasteiger partial charge in [-0.1, -0.05) is 30.3 Å². The Morgan fingerprint density at radius 1 is 0.937 bits per heavy atom. The van der Waals surface area contributed by atoms with Gasteiger partial charge < -0.3 is 31.5 Å². The van der Waals surface area contributed by atoms with Crippen LogP contribution in [0.1, 0.15) is 74.6 Å². The van der Waals surface area contributed by atoms with E-state index in [4.69, 9.17) is 20.4 Å². The average Bonchev–Trinajstić information content (AvgIpc) is 3.92. The van der Waals surface area contributed by atoms with Crippen LogP contribution in [0.3, 0.4) is 0 Å². The third-order valence-electron chi connectivity index (χ3n) is 10.4. The van der Waals surface area contributed by atoms with E-state index in [0.717, 1.165) is 29.5 Å². The number of aromatic nitrogens is 5. The molecule has 2 aliphatic rings. The molecule has 0 bridgehead atoms. The van der Waals surface area contributed by atoms with E-state index in [-0.39, 0.29) is 35.8 Å². The number of halogens is 3. The normalized spacial score (nSPS) is 17.9. The number of nitrogens with one attached hydrogen (secondary N) is 4. The summed E-state index contributed by atoms with van der Waals surface area (Å²) in [4.78, 5) is 79.6. The zero-order chi connectivity index (χ0) is 46.1. The molecule has 0 radical (unpaired) electrons. The van der Waals surface area contributed by atoms with Crippen LogP contribution in [0.5, 0.6) is 0 Å². The smallest absolute Gasteiger partial charge is 0.475 e. The fraction of sp³-hybridized carbons (Fsp3) is 0.429. The number of H-pyrrole nitrogens is 1. The lowest BCUT2D eigenvalue weighted by Crippen LogP contribution is -2.52. The summed E-state index contributed by atoms with van der Waals surface area (Å²) in [5, 5.41) is 29.5. The van der Waals surface area contributed by atoms with Gasteiger partial charge in [0.1, 0.15) is 23.4 Å². The number of carbonyl (C=O) groups is 6. The molecule has 21 heteroatoms. The van der Waals surface area contributed by atoms with Crippen LogP contribution >= 0.6 is 0 Å². The van der Waals surface area contributed by atoms with E-state index in [1.54, 1.807) is 30.3 Å². The molecular formula is C42H49F3N10O8. The molecule has 336 valence electrons. The number of tetrazole rings is 1. The Hall–Kier alpha value is -6.93. The van der Waals surface area contributed by atoms with E-state index in [2.05, 4.69) is 41.6 Å². The topological polar surface area (TPSA) is 265 Å². The Kier molecular flexibility index (Phi) is 15.2. The summed E-state index contributed by atoms with van der Waals surface area (Å²) in [6, 6.07) is 16.5. The van der Waals surface area contributed by atoms with E-state index >= 15 is 0 Å². The maximum Gasteiger partial charge on any atom is 0.490 e. The Morgan fingerprint density at radius 3 is 2.10 bits per heavy atom. The Bertz CT molecular complexity index is 2260. The van der Waals surface area contributed by atoms with E-state index in [1.165, 1.54) is 4.90 Å². The van der Waals surface area contributed by atoms with Crippen molar-refractivity contribution >= 4 is 41.4 Å². The molecule has 1 aliphatic carbocycles. The number of amides is 5. The molecule has 2 atom stereocenters. The third kappa shape index (κ3) is 13.0. The first-order chi connectivity index (χ1) is 29.7. The van der Waals surface area contributed by atoms with Crippen molar-refractivity contribution in [3.05, 3.63) is 77.6 Å². The molecule has 2 aromatic heterocycles. The fourth-order valence-corrected chi connectivity index (χ4v) is 7.19. The van der Waals surface area contributed by atoms with E-state index < -0.39 is 47.7 Å². The average molecular weight is 879 g/mol. The van der Waals surface area contributed by atoms with Crippen molar-refractivity contribution in [3.63, 3.8) is 0 Å². The number of aryl methyl sites for hydroxylation is 1. The predicted octanol–water partition coefficient (Wildman–Crippen LogP) is 4.25. The number of alkyl halides is 3. The number of aromatic amines is 1. The van der Waals surface area contributed by atoms with Crippen molar-refractivity contribution in [1.29, 1.82) is 0 Å². The number of nitrogens with zero attached hydrogens (tertiary/aromatic N) is 5. The van der Waals surface area contributed by atoms with Crippen LogP contribution in [0, 0.1) is 18.8 Å². The van der Waals surface area contributed by atoms with E-state index in [0.29, 0.717) is 55.1 Å². The molecule has 3 heterocycles. The number of carbonyl (C=O) groups excluding carboxylic acids is 5. The number of hydrogen-bond donors (Lipinski definition) is 6. The highest BCUT2D eigenvalue weighted by Gasteiger charge is 2.39. The minimum Gasteiger partial charge on any atom is -0.475 e. The monoisotopic (exact) mass is 878 g/mol. The molecule has 5 amide bonds. The van der Waals surface area contributed by atoms with Gasteiger partial charge in [-0.3, -0.25) is 24.1 Å². The molecule has 1 saturated heterocycles. The zero-order valence-electron chi connectivity index (χ0n) is 35.0. The number of hydrogen-bond acceptors (Lipinski definition) is 11. The van der Waals surface area contributed by atoms with Crippen LogP contribution in [0.25, 0.3) is 22.5 Å². The number of nitrogens with two attached hydrogens (primary N) is 1. The summed E-state index contributed by atoms with van der Waals surface area (Å²) >= 11 is 0. The highest BCUT2D eigenvalue weighted by molar-refractivity contribution is 6.02. The number of alkyl carbamates (subject to hydrolysis) is 1. The first-order valence-electron chi connectivity index (χ1n) is 20.1. The Labute approximate surface area is 359 Å². The molecule has 7 N–H and O–H groups in total. The summed E-state index contributed by atoms with van der Waals surface area (Å²) in [6.45, 7) is 8.22. The lowest BCUT2D eigenvalue weighted by Gasteiger charge is -2.36. The predicted molar refractivity (Wildman–Crippen MR) is 220 cm³/mol. The standard InChI is InChI=1S/C40H48N10O6.C2HF3O2/c1-23-30(17-18-31(44-23)37(53)45-32-19-20-42-36(32)52)26-9-5-24(6-10-26)21-33(34(41)51)50(29-15-13-27(14-16-29)35-46-48-49-47-35)38(54)28-11-7-25(8-12-28)22-43-39(55)56-40(2,3)4;3-2(4,5)1(6)7/h5-6,9-10,13-18,25,28,32-33H,7-8,11-12,19-22H2,1-4H3,(H2,41,51)(H,42,52)(H,43,55)(H,45,53)(H,46,47,48,49);(H,6,7)/t25?,28?,32-,33+;/m1./s1. The summed E-state index contributed by atoms with van der Waals surface area (Å²) < 4.78 is 37.1. The Balaban J connectivity index is 0.000000985. The summed E-state index contributed by atoms with van der Waals surface area (Å²) in [6.07, 6.45) is -2.25. The molecular weight excluding hydrogens is 830 g/mol. The van der Waals surface area contributed by atoms with Crippen LogP contribution in [0.15, 0.2) is 60.7 Å². The number of benzene rings is 2. The second-order valence-electron chi connectivity index (χ2n) is 16.1. The quantitative estimate of drug-likeness (QED) is 0.117. The van der Waals surface area contributed by atoms with Crippen molar-refractivity contribution in [2.75, 3.05) is 18.0 Å². The lowest BCUT2D eigenvalue weighted by atomic mass is 9.81. The second-order valence-corrected chi connectivity index (χ2v) is 16.1. The highest BCUT2D eigenvalue weighted by atomic mass is 19.4. The molecule has 2 fully saturated rings. The van der Waals surface area contributed by atoms with Crippen molar-refractivity contribution in [1.82, 2.24) is 41.6 Å². The number of carboxylic acid groups (broad SMARTS) is 1. The number of aliphatic carboxylic acids is 1. The van der Waals surface area contributed by atoms with Crippen LogP contribution < -0.4 is 26.6 Å². The summed E-state index contributed by atoms with van der Waals surface area (Å²) in [5.74, 6) is -4.00. The maximum atomic E-state index is 14.5. The summed E-state index contributed by atoms with van der Waals surface area (Å²) in [7, 11) is 0. The number of rotatable bonds is 12. The van der Waals surface area contributed by atoms with Gasteiger partial charge >= 0.3 is 18.2 Å².